The number of cyclic esters (lactones) is 1. The fourth-order valence-corrected chi connectivity index (χ4v) is 2.73. The van der Waals surface area contributed by atoms with Crippen molar-refractivity contribution in [3.63, 3.8) is 0 Å². The number of carbonyl (C=O) groups excluding carboxylic acids is 2. The second-order valence-electron chi connectivity index (χ2n) is 5.92. The molecule has 27 heavy (non-hydrogen) atoms. The van der Waals surface area contributed by atoms with Crippen LogP contribution in [0.3, 0.4) is 0 Å². The van der Waals surface area contributed by atoms with Crippen LogP contribution in [0.15, 0.2) is 18.2 Å². The van der Waals surface area contributed by atoms with Crippen LogP contribution in [0.1, 0.15) is 6.92 Å². The van der Waals surface area contributed by atoms with Gasteiger partial charge in [-0.25, -0.2) is 14.0 Å². The molecule has 0 spiro atoms. The second-order valence-corrected chi connectivity index (χ2v) is 5.92. The molecule has 3 amide bonds. The Labute approximate surface area is 157 Å². The van der Waals surface area contributed by atoms with Crippen molar-refractivity contribution in [2.45, 2.75) is 13.0 Å². The van der Waals surface area contributed by atoms with Crippen LogP contribution in [0.2, 0.25) is 0 Å². The van der Waals surface area contributed by atoms with Gasteiger partial charge in [0.15, 0.2) is 0 Å². The largest absolute Gasteiger partial charge is 0.443 e. The number of halogens is 1. The van der Waals surface area contributed by atoms with Crippen molar-refractivity contribution in [1.29, 1.82) is 5.41 Å². The molecular formula is C17H25FN6O3. The van der Waals surface area contributed by atoms with E-state index in [-0.39, 0.29) is 30.9 Å². The van der Waals surface area contributed by atoms with E-state index in [1.807, 2.05) is 0 Å². The van der Waals surface area contributed by atoms with Crippen LogP contribution in [-0.4, -0.2) is 64.3 Å². The van der Waals surface area contributed by atoms with Gasteiger partial charge in [0, 0.05) is 26.2 Å². The van der Waals surface area contributed by atoms with E-state index in [2.05, 4.69) is 16.0 Å². The normalized spacial score (nSPS) is 16.0. The molecule has 1 aliphatic heterocycles. The highest BCUT2D eigenvalue weighted by Gasteiger charge is 2.32. The maximum atomic E-state index is 14.6. The number of likely N-dealkylation sites (N-methyl/N-ethyl adjacent to an activating group) is 1. The van der Waals surface area contributed by atoms with Gasteiger partial charge < -0.3 is 25.6 Å². The highest BCUT2D eigenvalue weighted by molar-refractivity contribution is 5.90. The quantitative estimate of drug-likeness (QED) is 0.379. The molecule has 1 aliphatic rings. The molecule has 10 heteroatoms. The number of anilines is 2. The Morgan fingerprint density at radius 1 is 1.48 bits per heavy atom. The zero-order chi connectivity index (χ0) is 19.8. The number of nitrogens with one attached hydrogen (secondary N) is 4. The number of amides is 3. The number of ether oxygens (including phenoxy) is 1. The number of nitrogens with zero attached hydrogens (tertiary/aromatic N) is 2. The van der Waals surface area contributed by atoms with Gasteiger partial charge in [-0.1, -0.05) is 0 Å². The lowest BCUT2D eigenvalue weighted by Gasteiger charge is -2.21. The standard InChI is InChI=1S/C17H25FN6O3/c1-3-21-16(25)22-6-7-23(11-19)15-5-4-12(8-14(15)18)24-10-13(9-20-2)27-17(24)26/h4-5,8,11,13,19-20H,3,6-7,9-10H2,1-2H3,(H2,21,22,25). The molecule has 0 bridgehead atoms. The molecule has 0 radical (unpaired) electrons. The lowest BCUT2D eigenvalue weighted by Crippen LogP contribution is -2.40. The summed E-state index contributed by atoms with van der Waals surface area (Å²) in [6, 6.07) is 4.03. The monoisotopic (exact) mass is 380 g/mol. The highest BCUT2D eigenvalue weighted by atomic mass is 19.1. The van der Waals surface area contributed by atoms with E-state index in [4.69, 9.17) is 10.1 Å². The fraction of sp³-hybridized carbons (Fsp3) is 0.471. The molecule has 148 valence electrons. The Bertz CT molecular complexity index is 687. The van der Waals surface area contributed by atoms with Crippen LogP contribution < -0.4 is 25.8 Å². The van der Waals surface area contributed by atoms with E-state index in [1.165, 1.54) is 21.9 Å². The van der Waals surface area contributed by atoms with Crippen molar-refractivity contribution in [3.8, 4) is 0 Å². The Balaban J connectivity index is 2.03. The van der Waals surface area contributed by atoms with Crippen molar-refractivity contribution in [3.05, 3.63) is 24.0 Å². The third-order valence-electron chi connectivity index (χ3n) is 3.99. The van der Waals surface area contributed by atoms with Crippen molar-refractivity contribution in [2.24, 2.45) is 0 Å². The van der Waals surface area contributed by atoms with Crippen LogP contribution in [0.25, 0.3) is 0 Å². The zero-order valence-electron chi connectivity index (χ0n) is 15.4. The summed E-state index contributed by atoms with van der Waals surface area (Å²) in [5.41, 5.74) is 0.580. The number of carbonyl (C=O) groups is 2. The molecule has 1 aromatic carbocycles. The molecule has 9 nitrogen and oxygen atoms in total. The summed E-state index contributed by atoms with van der Waals surface area (Å²) in [7, 11) is 1.76. The summed E-state index contributed by atoms with van der Waals surface area (Å²) in [6.07, 6.45) is 0.186. The van der Waals surface area contributed by atoms with Crippen LogP contribution in [-0.2, 0) is 4.74 Å². The molecule has 2 rings (SSSR count). The van der Waals surface area contributed by atoms with Crippen LogP contribution in [0.5, 0.6) is 0 Å². The number of benzene rings is 1. The Hall–Kier alpha value is -2.88. The molecular weight excluding hydrogens is 355 g/mol. The molecule has 0 aromatic heterocycles. The van der Waals surface area contributed by atoms with Crippen molar-refractivity contribution in [2.75, 3.05) is 49.6 Å². The molecule has 0 aliphatic carbocycles. The van der Waals surface area contributed by atoms with Gasteiger partial charge in [-0.3, -0.25) is 10.3 Å². The lowest BCUT2D eigenvalue weighted by atomic mass is 10.2. The molecule has 1 atom stereocenters. The van der Waals surface area contributed by atoms with Crippen molar-refractivity contribution >= 4 is 29.8 Å². The van der Waals surface area contributed by atoms with E-state index in [9.17, 15) is 14.0 Å². The number of rotatable bonds is 9. The Kier molecular flexibility index (Phi) is 7.35. The first-order valence-electron chi connectivity index (χ1n) is 8.71. The Morgan fingerprint density at radius 2 is 2.26 bits per heavy atom. The van der Waals surface area contributed by atoms with Gasteiger partial charge in [-0.05, 0) is 32.2 Å². The zero-order valence-corrected chi connectivity index (χ0v) is 15.4. The number of urea groups is 1. The van der Waals surface area contributed by atoms with E-state index >= 15 is 0 Å². The minimum absolute atomic E-state index is 0.186. The molecule has 1 fully saturated rings. The van der Waals surface area contributed by atoms with Gasteiger partial charge in [0.05, 0.1) is 24.3 Å². The molecule has 1 unspecified atom stereocenters. The van der Waals surface area contributed by atoms with Gasteiger partial charge in [0.2, 0.25) is 0 Å². The summed E-state index contributed by atoms with van der Waals surface area (Å²) >= 11 is 0. The smallest absolute Gasteiger partial charge is 0.414 e. The predicted molar refractivity (Wildman–Crippen MR) is 101 cm³/mol. The van der Waals surface area contributed by atoms with E-state index in [0.717, 1.165) is 6.34 Å². The maximum Gasteiger partial charge on any atom is 0.414 e. The summed E-state index contributed by atoms with van der Waals surface area (Å²) in [5, 5.41) is 15.7. The third kappa shape index (κ3) is 5.30. The number of hydrogen-bond acceptors (Lipinski definition) is 5. The molecule has 1 saturated heterocycles. The van der Waals surface area contributed by atoms with E-state index < -0.39 is 11.9 Å². The van der Waals surface area contributed by atoms with Crippen LogP contribution >= 0.6 is 0 Å². The van der Waals surface area contributed by atoms with E-state index in [0.29, 0.717) is 25.3 Å². The molecule has 4 N–H and O–H groups in total. The summed E-state index contributed by atoms with van der Waals surface area (Å²) < 4.78 is 19.8. The van der Waals surface area contributed by atoms with Gasteiger partial charge >= 0.3 is 12.1 Å². The summed E-state index contributed by atoms with van der Waals surface area (Å²) in [5.74, 6) is -0.570. The van der Waals surface area contributed by atoms with Crippen molar-refractivity contribution < 1.29 is 18.7 Å². The Morgan fingerprint density at radius 3 is 2.89 bits per heavy atom. The SMILES string of the molecule is CCNC(=O)NCCN(C=N)c1ccc(N2CC(CNC)OC2=O)cc1F. The average molecular weight is 380 g/mol. The predicted octanol–water partition coefficient (Wildman–Crippen LogP) is 1.10. The first kappa shape index (κ1) is 20.4. The van der Waals surface area contributed by atoms with Gasteiger partial charge in [0.25, 0.3) is 0 Å². The topological polar surface area (TPSA) is 110 Å². The highest BCUT2D eigenvalue weighted by Crippen LogP contribution is 2.27. The molecule has 1 aromatic rings. The average Bonchev–Trinajstić information content (AvgIpc) is 3.00. The van der Waals surface area contributed by atoms with Crippen molar-refractivity contribution in [1.82, 2.24) is 16.0 Å². The van der Waals surface area contributed by atoms with Crippen LogP contribution in [0, 0.1) is 11.2 Å². The minimum atomic E-state index is -0.570. The third-order valence-corrected chi connectivity index (χ3v) is 3.99. The van der Waals surface area contributed by atoms with Gasteiger partial charge in [-0.15, -0.1) is 0 Å². The summed E-state index contributed by atoms with van der Waals surface area (Å²) in [6.45, 7) is 3.63. The number of hydrogen-bond donors (Lipinski definition) is 4. The lowest BCUT2D eigenvalue weighted by molar-refractivity contribution is 0.141. The summed E-state index contributed by atoms with van der Waals surface area (Å²) in [4.78, 5) is 26.1. The first-order valence-corrected chi connectivity index (χ1v) is 8.71. The van der Waals surface area contributed by atoms with Gasteiger partial charge in [0.1, 0.15) is 11.9 Å². The van der Waals surface area contributed by atoms with E-state index in [1.54, 1.807) is 20.0 Å². The maximum absolute atomic E-state index is 14.6. The first-order chi connectivity index (χ1) is 13.0. The second kappa shape index (κ2) is 9.72. The molecule has 1 heterocycles. The molecule has 0 saturated carbocycles. The minimum Gasteiger partial charge on any atom is -0.443 e. The van der Waals surface area contributed by atoms with Gasteiger partial charge in [-0.2, -0.15) is 0 Å². The fourth-order valence-electron chi connectivity index (χ4n) is 2.73. The van der Waals surface area contributed by atoms with Crippen LogP contribution in [0.4, 0.5) is 25.4 Å².